The van der Waals surface area contributed by atoms with Crippen LogP contribution in [-0.2, 0) is 29.1 Å². The van der Waals surface area contributed by atoms with Crippen LogP contribution in [0, 0.1) is 0 Å². The van der Waals surface area contributed by atoms with Gasteiger partial charge in [-0.2, -0.15) is 39.5 Å². The number of amides is 1. The summed E-state index contributed by atoms with van der Waals surface area (Å²) in [6.07, 6.45) is -16.4. The van der Waals surface area contributed by atoms with Crippen molar-refractivity contribution in [2.75, 3.05) is 0 Å². The minimum atomic E-state index is -5.42. The van der Waals surface area contributed by atoms with Crippen LogP contribution in [0.3, 0.4) is 0 Å². The van der Waals surface area contributed by atoms with Crippen molar-refractivity contribution in [3.05, 3.63) is 76.6 Å². The molecule has 39 heavy (non-hydrogen) atoms. The first-order chi connectivity index (χ1) is 18.1. The summed E-state index contributed by atoms with van der Waals surface area (Å²) in [5, 5.41) is 3.81. The van der Waals surface area contributed by atoms with Gasteiger partial charge in [0.05, 0.1) is 6.04 Å². The van der Waals surface area contributed by atoms with Crippen molar-refractivity contribution in [2.45, 2.75) is 56.3 Å². The van der Waals surface area contributed by atoms with Crippen molar-refractivity contribution in [2.24, 2.45) is 4.99 Å². The van der Waals surface area contributed by atoms with Gasteiger partial charge in [-0.1, -0.05) is 43.3 Å². The van der Waals surface area contributed by atoms with Crippen molar-refractivity contribution < 1.29 is 44.3 Å². The van der Waals surface area contributed by atoms with Gasteiger partial charge >= 0.3 is 18.5 Å². The maximum absolute atomic E-state index is 14.5. The molecule has 2 atom stereocenters. The number of nitrogens with zero attached hydrogens (tertiary/aromatic N) is 2. The zero-order chi connectivity index (χ0) is 28.8. The normalized spacial score (nSPS) is 20.0. The zero-order valence-electron chi connectivity index (χ0n) is 20.1. The predicted octanol–water partition coefficient (Wildman–Crippen LogP) is 7.31. The van der Waals surface area contributed by atoms with Crippen LogP contribution in [0.2, 0.25) is 0 Å². The molecule has 1 amide bonds. The molecule has 1 aliphatic rings. The van der Waals surface area contributed by atoms with E-state index in [1.54, 1.807) is 37.3 Å². The van der Waals surface area contributed by atoms with Crippen LogP contribution >= 0.6 is 0 Å². The largest absolute Gasteiger partial charge is 0.433 e. The molecule has 0 radical (unpaired) electrons. The summed E-state index contributed by atoms with van der Waals surface area (Å²) in [6, 6.07) is 8.47. The van der Waals surface area contributed by atoms with Crippen LogP contribution in [-0.4, -0.2) is 23.3 Å². The highest BCUT2D eigenvalue weighted by Crippen LogP contribution is 2.52. The van der Waals surface area contributed by atoms with Crippen LogP contribution < -0.4 is 5.32 Å². The Morgan fingerprint density at radius 1 is 0.923 bits per heavy atom. The van der Waals surface area contributed by atoms with Crippen molar-refractivity contribution >= 4 is 22.9 Å². The first-order valence-corrected chi connectivity index (χ1v) is 11.6. The van der Waals surface area contributed by atoms with E-state index in [0.717, 1.165) is 0 Å². The lowest BCUT2D eigenvalue weighted by Gasteiger charge is -2.31. The number of hydrogen-bond donors (Lipinski definition) is 1. The first-order valence-electron chi connectivity index (χ1n) is 11.6. The lowest BCUT2D eigenvalue weighted by atomic mass is 9.76. The smallest absolute Gasteiger partial charge is 0.352 e. The monoisotopic (exact) mass is 561 g/mol. The second-order valence-corrected chi connectivity index (χ2v) is 9.08. The SMILES string of the molecule is CCC(=O)NCc1ccc(C2CC(c3cc(C(F)(F)F)nc(C(F)(F)F)c3)(C(F)(F)F)C=N2)c2ccccc12. The fourth-order valence-corrected chi connectivity index (χ4v) is 4.59. The van der Waals surface area contributed by atoms with Crippen LogP contribution in [0.5, 0.6) is 0 Å². The first kappa shape index (κ1) is 28.4. The third-order valence-electron chi connectivity index (χ3n) is 6.62. The molecular weight excluding hydrogens is 541 g/mol. The van der Waals surface area contributed by atoms with Gasteiger partial charge in [0.25, 0.3) is 0 Å². The van der Waals surface area contributed by atoms with Crippen LogP contribution in [0.15, 0.2) is 53.5 Å². The molecule has 0 fully saturated rings. The Labute approximate surface area is 215 Å². The van der Waals surface area contributed by atoms with Gasteiger partial charge in [0.2, 0.25) is 5.91 Å². The summed E-state index contributed by atoms with van der Waals surface area (Å²) in [5.74, 6) is -0.215. The molecule has 0 aliphatic carbocycles. The molecule has 1 aromatic heterocycles. The van der Waals surface area contributed by atoms with Gasteiger partial charge in [-0.25, -0.2) is 4.98 Å². The highest BCUT2D eigenvalue weighted by atomic mass is 19.4. The number of carbonyl (C=O) groups is 1. The summed E-state index contributed by atoms with van der Waals surface area (Å²) in [7, 11) is 0. The predicted molar refractivity (Wildman–Crippen MR) is 124 cm³/mol. The topological polar surface area (TPSA) is 54.4 Å². The highest BCUT2D eigenvalue weighted by Gasteiger charge is 2.59. The summed E-state index contributed by atoms with van der Waals surface area (Å²) < 4.78 is 124. The van der Waals surface area contributed by atoms with Crippen molar-refractivity contribution in [3.8, 4) is 0 Å². The Bertz CT molecular complexity index is 1390. The summed E-state index contributed by atoms with van der Waals surface area (Å²) >= 11 is 0. The molecule has 2 unspecified atom stereocenters. The maximum atomic E-state index is 14.5. The van der Waals surface area contributed by atoms with Gasteiger partial charge in [-0.15, -0.1) is 0 Å². The number of halogens is 9. The molecular formula is C26H20F9N3O. The van der Waals surface area contributed by atoms with E-state index in [1.807, 2.05) is 0 Å². The van der Waals surface area contributed by atoms with Crippen molar-refractivity contribution in [3.63, 3.8) is 0 Å². The molecule has 208 valence electrons. The summed E-state index contributed by atoms with van der Waals surface area (Å²) in [5.41, 5.74) is -7.68. The lowest BCUT2D eigenvalue weighted by molar-refractivity contribution is -0.170. The molecule has 1 N–H and O–H groups in total. The van der Waals surface area contributed by atoms with Crippen molar-refractivity contribution in [1.82, 2.24) is 10.3 Å². The van der Waals surface area contributed by atoms with Crippen LogP contribution in [0.1, 0.15) is 53.9 Å². The Kier molecular flexibility index (Phi) is 7.15. The van der Waals surface area contributed by atoms with Gasteiger partial charge < -0.3 is 5.32 Å². The number of nitrogens with one attached hydrogen (secondary N) is 1. The number of fused-ring (bicyclic) bond motifs is 1. The Morgan fingerprint density at radius 3 is 2.05 bits per heavy atom. The number of hydrogen-bond acceptors (Lipinski definition) is 3. The number of pyridine rings is 1. The summed E-state index contributed by atoms with van der Waals surface area (Å²) in [4.78, 5) is 18.2. The minimum absolute atomic E-state index is 0.00521. The fraction of sp³-hybridized carbons (Fsp3) is 0.346. The minimum Gasteiger partial charge on any atom is -0.352 e. The van der Waals surface area contributed by atoms with Crippen LogP contribution in [0.25, 0.3) is 10.8 Å². The molecule has 2 aromatic carbocycles. The van der Waals surface area contributed by atoms with Gasteiger partial charge in [0.15, 0.2) is 0 Å². The number of benzene rings is 2. The molecule has 2 heterocycles. The standard InChI is InChI=1S/C26H20F9N3O/c1-2-22(39)36-12-14-7-8-18(17-6-4-3-5-16(14)17)19-11-23(13-37-19,26(33,34)35)15-9-20(24(27,28)29)38-21(10-15)25(30,31)32/h3-10,13,19H,2,11-12H2,1H3,(H,36,39). The molecule has 0 spiro atoms. The van der Waals surface area contributed by atoms with E-state index >= 15 is 0 Å². The summed E-state index contributed by atoms with van der Waals surface area (Å²) in [6.45, 7) is 1.81. The lowest BCUT2D eigenvalue weighted by Crippen LogP contribution is -2.43. The number of alkyl halides is 9. The average Bonchev–Trinajstić information content (AvgIpc) is 3.32. The zero-order valence-corrected chi connectivity index (χ0v) is 20.1. The molecule has 1 aliphatic heterocycles. The number of rotatable bonds is 5. The van der Waals surface area contributed by atoms with E-state index < -0.39 is 53.4 Å². The number of aromatic nitrogens is 1. The number of aliphatic imine (C=N–C) groups is 1. The average molecular weight is 561 g/mol. The third kappa shape index (κ3) is 5.44. The van der Waals surface area contributed by atoms with E-state index in [-0.39, 0.29) is 31.0 Å². The molecule has 4 rings (SSSR count). The van der Waals surface area contributed by atoms with Crippen molar-refractivity contribution in [1.29, 1.82) is 0 Å². The van der Waals surface area contributed by atoms with E-state index in [4.69, 9.17) is 0 Å². The molecule has 3 aromatic rings. The molecule has 4 nitrogen and oxygen atoms in total. The molecule has 0 bridgehead atoms. The Hall–Kier alpha value is -3.64. The molecule has 13 heteroatoms. The van der Waals surface area contributed by atoms with Gasteiger partial charge in [-0.3, -0.25) is 9.79 Å². The second-order valence-electron chi connectivity index (χ2n) is 9.08. The molecule has 0 saturated heterocycles. The Morgan fingerprint density at radius 2 is 1.51 bits per heavy atom. The molecule has 0 saturated carbocycles. The van der Waals surface area contributed by atoms with E-state index in [0.29, 0.717) is 28.1 Å². The quantitative estimate of drug-likeness (QED) is 0.332. The fourth-order valence-electron chi connectivity index (χ4n) is 4.59. The van der Waals surface area contributed by atoms with E-state index in [2.05, 4.69) is 15.3 Å². The second kappa shape index (κ2) is 9.83. The van der Waals surface area contributed by atoms with Crippen LogP contribution in [0.4, 0.5) is 39.5 Å². The van der Waals surface area contributed by atoms with Gasteiger partial charge in [-0.05, 0) is 46.0 Å². The highest BCUT2D eigenvalue weighted by molar-refractivity contribution is 5.90. The van der Waals surface area contributed by atoms with Gasteiger partial charge in [0, 0.05) is 19.2 Å². The van der Waals surface area contributed by atoms with E-state index in [1.165, 1.54) is 6.07 Å². The maximum Gasteiger partial charge on any atom is 0.433 e. The van der Waals surface area contributed by atoms with Gasteiger partial charge in [0.1, 0.15) is 16.8 Å². The Balaban J connectivity index is 1.81. The third-order valence-corrected chi connectivity index (χ3v) is 6.62. The number of carbonyl (C=O) groups excluding carboxylic acids is 1. The van der Waals surface area contributed by atoms with E-state index in [9.17, 15) is 44.3 Å².